The fourth-order valence-electron chi connectivity index (χ4n) is 3.92. The van der Waals surface area contributed by atoms with Crippen LogP contribution in [0.2, 0.25) is 5.02 Å². The van der Waals surface area contributed by atoms with Gasteiger partial charge in [0, 0.05) is 30.4 Å². The van der Waals surface area contributed by atoms with Crippen molar-refractivity contribution in [1.82, 2.24) is 10.3 Å². The zero-order chi connectivity index (χ0) is 22.5. The third kappa shape index (κ3) is 4.68. The van der Waals surface area contributed by atoms with Crippen LogP contribution >= 0.6 is 11.6 Å². The summed E-state index contributed by atoms with van der Waals surface area (Å²) < 4.78 is 0. The number of nitrogens with one attached hydrogen (secondary N) is 2. The number of aryl methyl sites for hydroxylation is 1. The standard InChI is InChI=1S/C25H24ClN5O/c1-17-8-5-6-12-21(17)30-24-23(26)20(14-27)22(15-28-24)31-13-7-11-19(16-31)29-25(32)18-9-3-2-4-10-18/h2-6,8-10,12,15,19H,7,11,13,16H2,1H3,(H,28,30)(H,29,32)/t19-/m1/s1. The van der Waals surface area contributed by atoms with E-state index in [4.69, 9.17) is 11.6 Å². The largest absolute Gasteiger partial charge is 0.367 e. The third-order valence-electron chi connectivity index (χ3n) is 5.64. The Morgan fingerprint density at radius 1 is 1.19 bits per heavy atom. The van der Waals surface area contributed by atoms with E-state index in [0.717, 1.165) is 30.6 Å². The van der Waals surface area contributed by atoms with Gasteiger partial charge in [-0.3, -0.25) is 4.79 Å². The molecule has 0 aliphatic carbocycles. The summed E-state index contributed by atoms with van der Waals surface area (Å²) in [5.74, 6) is 0.360. The van der Waals surface area contributed by atoms with Gasteiger partial charge in [0.2, 0.25) is 0 Å². The van der Waals surface area contributed by atoms with Crippen LogP contribution in [0.25, 0.3) is 0 Å². The lowest BCUT2D eigenvalue weighted by atomic mass is 10.0. The van der Waals surface area contributed by atoms with Crippen LogP contribution in [0.15, 0.2) is 60.8 Å². The molecular weight excluding hydrogens is 422 g/mol. The molecule has 0 bridgehead atoms. The predicted octanol–water partition coefficient (Wildman–Crippen LogP) is 5.06. The number of hydrogen-bond acceptors (Lipinski definition) is 5. The average molecular weight is 446 g/mol. The SMILES string of the molecule is Cc1ccccc1Nc1ncc(N2CCC[C@@H](NC(=O)c3ccccc3)C2)c(C#N)c1Cl. The highest BCUT2D eigenvalue weighted by Gasteiger charge is 2.25. The third-order valence-corrected chi connectivity index (χ3v) is 6.01. The van der Waals surface area contributed by atoms with Crippen LogP contribution in [0, 0.1) is 18.3 Å². The number of nitrogens with zero attached hydrogens (tertiary/aromatic N) is 3. The Morgan fingerprint density at radius 3 is 2.69 bits per heavy atom. The number of aromatic nitrogens is 1. The molecule has 7 heteroatoms. The fourth-order valence-corrected chi connectivity index (χ4v) is 4.16. The van der Waals surface area contributed by atoms with Gasteiger partial charge in [-0.25, -0.2) is 4.98 Å². The minimum Gasteiger partial charge on any atom is -0.367 e. The second kappa shape index (κ2) is 9.71. The quantitative estimate of drug-likeness (QED) is 0.573. The lowest BCUT2D eigenvalue weighted by Gasteiger charge is -2.35. The van der Waals surface area contributed by atoms with Crippen molar-refractivity contribution in [2.75, 3.05) is 23.3 Å². The van der Waals surface area contributed by atoms with Gasteiger partial charge in [0.1, 0.15) is 11.1 Å². The first-order valence-corrected chi connectivity index (χ1v) is 11.0. The summed E-state index contributed by atoms with van der Waals surface area (Å²) in [5, 5.41) is 16.5. The molecule has 0 spiro atoms. The molecule has 162 valence electrons. The van der Waals surface area contributed by atoms with Crippen molar-refractivity contribution in [3.8, 4) is 6.07 Å². The Kier molecular flexibility index (Phi) is 6.58. The molecule has 1 saturated heterocycles. The summed E-state index contributed by atoms with van der Waals surface area (Å²) in [6.45, 7) is 3.36. The number of anilines is 3. The van der Waals surface area contributed by atoms with Crippen LogP contribution in [0.3, 0.4) is 0 Å². The number of hydrogen-bond donors (Lipinski definition) is 2. The Morgan fingerprint density at radius 2 is 1.94 bits per heavy atom. The number of piperidine rings is 1. The maximum Gasteiger partial charge on any atom is 0.251 e. The average Bonchev–Trinajstić information content (AvgIpc) is 2.82. The number of carbonyl (C=O) groups excluding carboxylic acids is 1. The van der Waals surface area contributed by atoms with E-state index in [1.54, 1.807) is 18.3 Å². The topological polar surface area (TPSA) is 81.1 Å². The van der Waals surface area contributed by atoms with Crippen LogP contribution in [-0.2, 0) is 0 Å². The van der Waals surface area contributed by atoms with Gasteiger partial charge in [-0.2, -0.15) is 5.26 Å². The molecule has 3 aromatic rings. The monoisotopic (exact) mass is 445 g/mol. The minimum atomic E-state index is -0.0908. The summed E-state index contributed by atoms with van der Waals surface area (Å²) in [5.41, 5.74) is 3.65. The molecule has 2 N–H and O–H groups in total. The Hall–Kier alpha value is -3.56. The van der Waals surface area contributed by atoms with Crippen LogP contribution in [0.5, 0.6) is 0 Å². The van der Waals surface area contributed by atoms with E-state index >= 15 is 0 Å². The normalized spacial score (nSPS) is 15.7. The molecule has 1 aromatic heterocycles. The zero-order valence-electron chi connectivity index (χ0n) is 17.8. The first-order valence-electron chi connectivity index (χ1n) is 10.6. The van der Waals surface area contributed by atoms with Gasteiger partial charge < -0.3 is 15.5 Å². The Bertz CT molecular complexity index is 1160. The van der Waals surface area contributed by atoms with E-state index in [0.29, 0.717) is 34.2 Å². The van der Waals surface area contributed by atoms with Crippen molar-refractivity contribution in [2.24, 2.45) is 0 Å². The molecule has 6 nitrogen and oxygen atoms in total. The first-order chi connectivity index (χ1) is 15.6. The van der Waals surface area contributed by atoms with Crippen LogP contribution in [0.1, 0.15) is 34.3 Å². The number of para-hydroxylation sites is 1. The van der Waals surface area contributed by atoms with Crippen molar-refractivity contribution in [2.45, 2.75) is 25.8 Å². The van der Waals surface area contributed by atoms with Gasteiger partial charge in [0.25, 0.3) is 5.91 Å². The van der Waals surface area contributed by atoms with Gasteiger partial charge in [-0.05, 0) is 43.5 Å². The number of pyridine rings is 1. The molecule has 1 amide bonds. The molecule has 4 rings (SSSR count). The highest BCUT2D eigenvalue weighted by molar-refractivity contribution is 6.34. The second-order valence-electron chi connectivity index (χ2n) is 7.86. The highest BCUT2D eigenvalue weighted by atomic mass is 35.5. The van der Waals surface area contributed by atoms with Crippen molar-refractivity contribution in [1.29, 1.82) is 5.26 Å². The minimum absolute atomic E-state index is 0.0217. The van der Waals surface area contributed by atoms with E-state index in [-0.39, 0.29) is 11.9 Å². The van der Waals surface area contributed by atoms with Gasteiger partial charge in [0.05, 0.1) is 17.4 Å². The van der Waals surface area contributed by atoms with Crippen molar-refractivity contribution in [3.63, 3.8) is 0 Å². The number of halogens is 1. The van der Waals surface area contributed by atoms with Crippen LogP contribution < -0.4 is 15.5 Å². The summed E-state index contributed by atoms with van der Waals surface area (Å²) in [6, 6.07) is 19.2. The number of carbonyl (C=O) groups is 1. The van der Waals surface area contributed by atoms with Crippen molar-refractivity contribution >= 4 is 34.7 Å². The maximum atomic E-state index is 12.6. The van der Waals surface area contributed by atoms with Gasteiger partial charge in [0.15, 0.2) is 5.82 Å². The van der Waals surface area contributed by atoms with E-state index in [2.05, 4.69) is 26.6 Å². The zero-order valence-corrected chi connectivity index (χ0v) is 18.6. The van der Waals surface area contributed by atoms with Crippen LogP contribution in [0.4, 0.5) is 17.2 Å². The smallest absolute Gasteiger partial charge is 0.251 e. The van der Waals surface area contributed by atoms with E-state index < -0.39 is 0 Å². The first kappa shape index (κ1) is 21.7. The lowest BCUT2D eigenvalue weighted by Crippen LogP contribution is -2.48. The second-order valence-corrected chi connectivity index (χ2v) is 8.24. The molecule has 2 aromatic carbocycles. The summed E-state index contributed by atoms with van der Waals surface area (Å²) >= 11 is 6.59. The van der Waals surface area contributed by atoms with Crippen molar-refractivity contribution < 1.29 is 4.79 Å². The molecule has 1 fully saturated rings. The number of benzene rings is 2. The number of amides is 1. The molecule has 1 aliphatic heterocycles. The Labute approximate surface area is 192 Å². The molecule has 0 radical (unpaired) electrons. The molecule has 0 unspecified atom stereocenters. The van der Waals surface area contributed by atoms with E-state index in [1.807, 2.05) is 49.4 Å². The Balaban J connectivity index is 1.52. The fraction of sp³-hybridized carbons (Fsp3) is 0.240. The van der Waals surface area contributed by atoms with Gasteiger partial charge >= 0.3 is 0 Å². The van der Waals surface area contributed by atoms with E-state index in [1.165, 1.54) is 0 Å². The highest BCUT2D eigenvalue weighted by Crippen LogP contribution is 2.34. The summed E-state index contributed by atoms with van der Waals surface area (Å²) in [4.78, 5) is 19.1. The summed E-state index contributed by atoms with van der Waals surface area (Å²) in [6.07, 6.45) is 3.46. The molecule has 0 saturated carbocycles. The summed E-state index contributed by atoms with van der Waals surface area (Å²) in [7, 11) is 0. The molecule has 2 heterocycles. The molecule has 32 heavy (non-hydrogen) atoms. The molecule has 1 atom stereocenters. The van der Waals surface area contributed by atoms with Crippen molar-refractivity contribution in [3.05, 3.63) is 82.5 Å². The predicted molar refractivity (Wildman–Crippen MR) is 128 cm³/mol. The molecular formula is C25H24ClN5O. The number of nitriles is 1. The number of rotatable bonds is 5. The van der Waals surface area contributed by atoms with E-state index in [9.17, 15) is 10.1 Å². The van der Waals surface area contributed by atoms with Gasteiger partial charge in [-0.1, -0.05) is 48.0 Å². The maximum absolute atomic E-state index is 12.6. The molecule has 1 aliphatic rings. The lowest BCUT2D eigenvalue weighted by molar-refractivity contribution is 0.0933. The van der Waals surface area contributed by atoms with Gasteiger partial charge in [-0.15, -0.1) is 0 Å². The van der Waals surface area contributed by atoms with Crippen LogP contribution in [-0.4, -0.2) is 30.0 Å².